The summed E-state index contributed by atoms with van der Waals surface area (Å²) in [5, 5.41) is 5.65. The fourth-order valence-corrected chi connectivity index (χ4v) is 5.61. The maximum Gasteiger partial charge on any atom is 0.451 e. The van der Waals surface area contributed by atoms with Crippen LogP contribution in [0, 0.1) is 0 Å². The monoisotopic (exact) mass is 552 g/mol. The van der Waals surface area contributed by atoms with Gasteiger partial charge in [0.2, 0.25) is 5.82 Å². The van der Waals surface area contributed by atoms with Crippen LogP contribution >= 0.6 is 0 Å². The van der Waals surface area contributed by atoms with Gasteiger partial charge in [0.15, 0.2) is 0 Å². The normalized spacial score (nSPS) is 18.4. The van der Waals surface area contributed by atoms with Gasteiger partial charge in [-0.1, -0.05) is 0 Å². The lowest BCUT2D eigenvalue weighted by molar-refractivity contribution is -0.145. The van der Waals surface area contributed by atoms with Crippen LogP contribution in [-0.2, 0) is 11.7 Å². The van der Waals surface area contributed by atoms with Crippen molar-refractivity contribution in [3.8, 4) is 11.3 Å². The molecular formula is C26H27F3N10O. The van der Waals surface area contributed by atoms with Crippen molar-refractivity contribution >= 4 is 23.2 Å². The largest absolute Gasteiger partial charge is 0.451 e. The van der Waals surface area contributed by atoms with Crippen molar-refractivity contribution in [2.24, 2.45) is 4.99 Å². The lowest BCUT2D eigenvalue weighted by Gasteiger charge is -2.54. The molecule has 0 aromatic carbocycles. The number of carbonyl (C=O) groups is 1. The van der Waals surface area contributed by atoms with E-state index in [0.29, 0.717) is 13.1 Å². The van der Waals surface area contributed by atoms with E-state index in [2.05, 4.69) is 34.8 Å². The van der Waals surface area contributed by atoms with E-state index >= 15 is 0 Å². The first kappa shape index (κ1) is 26.0. The number of likely N-dealkylation sites (tertiary alicyclic amines) is 2. The van der Waals surface area contributed by atoms with Crippen LogP contribution in [0.4, 0.5) is 13.2 Å². The maximum absolute atomic E-state index is 13.0. The minimum atomic E-state index is -4.70. The molecule has 2 fully saturated rings. The summed E-state index contributed by atoms with van der Waals surface area (Å²) in [6, 6.07) is 3.43. The minimum absolute atomic E-state index is 0.238. The molecule has 0 atom stereocenters. The highest BCUT2D eigenvalue weighted by Crippen LogP contribution is 2.37. The van der Waals surface area contributed by atoms with Crippen molar-refractivity contribution in [1.29, 1.82) is 0 Å². The summed E-state index contributed by atoms with van der Waals surface area (Å²) in [7, 11) is 1.75. The summed E-state index contributed by atoms with van der Waals surface area (Å²) in [5.41, 5.74) is 1.99. The molecule has 0 unspecified atom stereocenters. The van der Waals surface area contributed by atoms with Crippen molar-refractivity contribution in [2.75, 3.05) is 33.2 Å². The van der Waals surface area contributed by atoms with Crippen LogP contribution in [0.2, 0.25) is 0 Å². The molecule has 14 heteroatoms. The number of aliphatic imine (C=N–C) groups is 1. The zero-order valence-corrected chi connectivity index (χ0v) is 21.7. The summed E-state index contributed by atoms with van der Waals surface area (Å²) >= 11 is 0. The summed E-state index contributed by atoms with van der Waals surface area (Å²) in [6.45, 7) is 2.42. The van der Waals surface area contributed by atoms with Crippen LogP contribution in [0.25, 0.3) is 22.3 Å². The Bertz CT molecular complexity index is 1550. The van der Waals surface area contributed by atoms with Crippen LogP contribution < -0.4 is 0 Å². The molecule has 0 radical (unpaired) electrons. The lowest BCUT2D eigenvalue weighted by Crippen LogP contribution is -2.66. The SMILES string of the molecule is C/N=C\CC1(n2cc(-c3ncnc4[nH]ccc34)cn2)CN(C2CCN(C(=O)c3ccnc(C(F)(F)F)n3)CC2)C1. The second-order valence-electron chi connectivity index (χ2n) is 10.2. The van der Waals surface area contributed by atoms with Crippen LogP contribution in [0.15, 0.2) is 48.2 Å². The Morgan fingerprint density at radius 2 is 2.00 bits per heavy atom. The van der Waals surface area contributed by atoms with E-state index in [9.17, 15) is 18.0 Å². The molecule has 208 valence electrons. The molecule has 40 heavy (non-hydrogen) atoms. The van der Waals surface area contributed by atoms with Gasteiger partial charge in [-0.25, -0.2) is 19.9 Å². The third kappa shape index (κ3) is 4.72. The Morgan fingerprint density at radius 3 is 2.75 bits per heavy atom. The number of nitrogens with zero attached hydrogens (tertiary/aromatic N) is 9. The van der Waals surface area contributed by atoms with Gasteiger partial charge in [-0.15, -0.1) is 0 Å². The number of piperidine rings is 1. The Morgan fingerprint density at radius 1 is 1.20 bits per heavy atom. The van der Waals surface area contributed by atoms with E-state index in [0.717, 1.165) is 60.8 Å². The van der Waals surface area contributed by atoms with Crippen LogP contribution in [0.3, 0.4) is 0 Å². The molecule has 2 saturated heterocycles. The number of aromatic nitrogens is 7. The number of alkyl halides is 3. The first-order valence-electron chi connectivity index (χ1n) is 13.0. The van der Waals surface area contributed by atoms with Crippen LogP contribution in [0.1, 0.15) is 35.6 Å². The Kier molecular flexibility index (Phi) is 6.56. The number of halogens is 3. The number of H-pyrrole nitrogens is 1. The molecule has 6 rings (SSSR count). The van der Waals surface area contributed by atoms with E-state index < -0.39 is 17.9 Å². The Labute approximate surface area is 227 Å². The van der Waals surface area contributed by atoms with Crippen LogP contribution in [-0.4, -0.2) is 95.9 Å². The van der Waals surface area contributed by atoms with E-state index in [4.69, 9.17) is 5.10 Å². The van der Waals surface area contributed by atoms with Crippen molar-refractivity contribution < 1.29 is 18.0 Å². The number of fused-ring (bicyclic) bond motifs is 1. The maximum atomic E-state index is 13.0. The summed E-state index contributed by atoms with van der Waals surface area (Å²) in [5.74, 6) is -1.81. The van der Waals surface area contributed by atoms with Gasteiger partial charge in [-0.3, -0.25) is 14.4 Å². The Hall–Kier alpha value is -4.20. The van der Waals surface area contributed by atoms with Gasteiger partial charge >= 0.3 is 6.18 Å². The topological polar surface area (TPSA) is 121 Å². The average molecular weight is 553 g/mol. The predicted molar refractivity (Wildman–Crippen MR) is 140 cm³/mol. The van der Waals surface area contributed by atoms with Gasteiger partial charge < -0.3 is 14.9 Å². The number of nitrogens with one attached hydrogen (secondary N) is 1. The highest BCUT2D eigenvalue weighted by Gasteiger charge is 2.48. The number of rotatable bonds is 6. The third-order valence-electron chi connectivity index (χ3n) is 7.74. The number of hydrogen-bond acceptors (Lipinski definition) is 8. The lowest BCUT2D eigenvalue weighted by atomic mass is 9.83. The minimum Gasteiger partial charge on any atom is -0.346 e. The van der Waals surface area contributed by atoms with Crippen molar-refractivity contribution in [1.82, 2.24) is 44.5 Å². The zero-order chi connectivity index (χ0) is 27.9. The summed E-state index contributed by atoms with van der Waals surface area (Å²) in [4.78, 5) is 39.6. The average Bonchev–Trinajstić information content (AvgIpc) is 3.62. The molecule has 1 amide bonds. The summed E-state index contributed by atoms with van der Waals surface area (Å²) < 4.78 is 41.0. The van der Waals surface area contributed by atoms with Crippen molar-refractivity contribution in [3.05, 3.63) is 54.8 Å². The molecular weight excluding hydrogens is 525 g/mol. The second kappa shape index (κ2) is 10.1. The zero-order valence-electron chi connectivity index (χ0n) is 21.7. The fourth-order valence-electron chi connectivity index (χ4n) is 5.61. The van der Waals surface area contributed by atoms with Gasteiger partial charge in [-0.2, -0.15) is 18.3 Å². The van der Waals surface area contributed by atoms with Gasteiger partial charge in [0.25, 0.3) is 5.91 Å². The van der Waals surface area contributed by atoms with Crippen molar-refractivity contribution in [3.63, 3.8) is 0 Å². The standard InChI is InChI=1S/C26H27F3N10O/c1-30-9-6-25(39-13-17(12-35-39)21-19-2-7-31-22(19)34-16-33-21)14-38(15-25)18-4-10-37(11-5-18)23(40)20-3-8-32-24(36-20)26(27,28)29/h2-3,7-9,12-13,16,18H,4-6,10-11,14-15H2,1H3,(H,31,33,34)/b30-9-. The quantitative estimate of drug-likeness (QED) is 0.365. The number of hydrogen-bond donors (Lipinski definition) is 1. The molecule has 0 saturated carbocycles. The fraction of sp³-hybridized carbons (Fsp3) is 0.423. The number of amides is 1. The molecule has 2 aliphatic heterocycles. The van der Waals surface area contributed by atoms with Gasteiger partial charge in [0, 0.05) is 81.4 Å². The van der Waals surface area contributed by atoms with E-state index in [1.165, 1.54) is 12.4 Å². The molecule has 4 aromatic rings. The first-order valence-corrected chi connectivity index (χ1v) is 13.0. The molecule has 11 nitrogen and oxygen atoms in total. The smallest absolute Gasteiger partial charge is 0.346 e. The molecule has 1 N–H and O–H groups in total. The number of aromatic amines is 1. The molecule has 4 aromatic heterocycles. The first-order chi connectivity index (χ1) is 19.3. The van der Waals surface area contributed by atoms with E-state index in [1.807, 2.05) is 35.6 Å². The number of carbonyl (C=O) groups excluding carboxylic acids is 1. The Balaban J connectivity index is 1.12. The van der Waals surface area contributed by atoms with Gasteiger partial charge in [0.1, 0.15) is 17.7 Å². The van der Waals surface area contributed by atoms with Gasteiger partial charge in [0.05, 0.1) is 17.4 Å². The molecule has 0 spiro atoms. The highest BCUT2D eigenvalue weighted by molar-refractivity contribution is 5.92. The highest BCUT2D eigenvalue weighted by atomic mass is 19.4. The second-order valence-corrected chi connectivity index (χ2v) is 10.2. The van der Waals surface area contributed by atoms with Gasteiger partial charge in [-0.05, 0) is 25.0 Å². The molecule has 0 aliphatic carbocycles. The van der Waals surface area contributed by atoms with E-state index in [-0.39, 0.29) is 17.3 Å². The molecule has 6 heterocycles. The third-order valence-corrected chi connectivity index (χ3v) is 7.74. The molecule has 2 aliphatic rings. The predicted octanol–water partition coefficient (Wildman–Crippen LogP) is 3.04. The van der Waals surface area contributed by atoms with Crippen LogP contribution in [0.5, 0.6) is 0 Å². The van der Waals surface area contributed by atoms with Crippen molar-refractivity contribution in [2.45, 2.75) is 37.0 Å². The van der Waals surface area contributed by atoms with E-state index in [1.54, 1.807) is 11.9 Å². The molecule has 0 bridgehead atoms. The summed E-state index contributed by atoms with van der Waals surface area (Å²) in [6.07, 6.45) is 7.56.